The Labute approximate surface area is 80.8 Å². The second kappa shape index (κ2) is 3.14. The highest BCUT2D eigenvalue weighted by Crippen LogP contribution is 2.27. The summed E-state index contributed by atoms with van der Waals surface area (Å²) in [6.07, 6.45) is 0. The number of nitrogens with zero attached hydrogens (tertiary/aromatic N) is 1. The molecule has 1 heterocycles. The van der Waals surface area contributed by atoms with E-state index in [2.05, 4.69) is 10.2 Å². The van der Waals surface area contributed by atoms with Gasteiger partial charge in [-0.15, -0.1) is 0 Å². The molecule has 0 aliphatic carbocycles. The summed E-state index contributed by atoms with van der Waals surface area (Å²) in [6, 6.07) is 6.29. The molecule has 0 fully saturated rings. The Hall–Kier alpha value is -1.84. The first-order valence-corrected chi connectivity index (χ1v) is 4.25. The fourth-order valence-corrected chi connectivity index (χ4v) is 1.46. The summed E-state index contributed by atoms with van der Waals surface area (Å²) in [4.78, 5) is 0. The molecule has 0 spiro atoms. The molecule has 1 aromatic heterocycles. The number of nitrogens with one attached hydrogen (secondary N) is 1. The smallest absolute Gasteiger partial charge is 0.153 e. The lowest BCUT2D eigenvalue weighted by atomic mass is 10.1. The molecule has 1 aromatic carbocycles. The van der Waals surface area contributed by atoms with Crippen LogP contribution >= 0.6 is 0 Å². The molecule has 0 aliphatic heterocycles. The molecule has 0 radical (unpaired) electrons. The van der Waals surface area contributed by atoms with Gasteiger partial charge in [0.2, 0.25) is 0 Å². The number of halogens is 1. The summed E-state index contributed by atoms with van der Waals surface area (Å²) in [5.74, 6) is 0.121. The maximum absolute atomic E-state index is 13.0. The quantitative estimate of drug-likeness (QED) is 0.725. The number of hydrogen-bond donors (Lipinski definition) is 2. The van der Waals surface area contributed by atoms with Crippen LogP contribution in [0.3, 0.4) is 0 Å². The van der Waals surface area contributed by atoms with Gasteiger partial charge in [-0.2, -0.15) is 5.10 Å². The SMILES string of the molecule is Cc1[nH]nc(N)c1-c1cccc(F)c1. The number of aromatic amines is 1. The molecule has 2 aromatic rings. The van der Waals surface area contributed by atoms with E-state index >= 15 is 0 Å². The number of benzene rings is 1. The normalized spacial score (nSPS) is 10.4. The molecule has 3 nitrogen and oxygen atoms in total. The minimum atomic E-state index is -0.275. The Kier molecular flexibility index (Phi) is 1.96. The predicted octanol–water partition coefficient (Wildman–Crippen LogP) is 2.11. The van der Waals surface area contributed by atoms with Crippen molar-refractivity contribution < 1.29 is 4.39 Å². The Bertz CT molecular complexity index is 443. The van der Waals surface area contributed by atoms with Crippen LogP contribution in [0.25, 0.3) is 11.1 Å². The Morgan fingerprint density at radius 2 is 2.21 bits per heavy atom. The van der Waals surface area contributed by atoms with Crippen molar-refractivity contribution >= 4 is 5.82 Å². The van der Waals surface area contributed by atoms with Crippen LogP contribution in [0, 0.1) is 12.7 Å². The minimum absolute atomic E-state index is 0.275. The van der Waals surface area contributed by atoms with Crippen LogP contribution in [0.15, 0.2) is 24.3 Å². The highest BCUT2D eigenvalue weighted by Gasteiger charge is 2.09. The fraction of sp³-hybridized carbons (Fsp3) is 0.100. The van der Waals surface area contributed by atoms with Crippen molar-refractivity contribution in [2.24, 2.45) is 0 Å². The summed E-state index contributed by atoms with van der Waals surface area (Å²) in [5, 5.41) is 6.61. The summed E-state index contributed by atoms with van der Waals surface area (Å²) in [6.45, 7) is 1.85. The van der Waals surface area contributed by atoms with E-state index in [1.165, 1.54) is 12.1 Å². The molecule has 0 unspecified atom stereocenters. The summed E-state index contributed by atoms with van der Waals surface area (Å²) < 4.78 is 13.0. The van der Waals surface area contributed by atoms with Gasteiger partial charge in [-0.1, -0.05) is 12.1 Å². The van der Waals surface area contributed by atoms with Crippen LogP contribution < -0.4 is 5.73 Å². The highest BCUT2D eigenvalue weighted by molar-refractivity contribution is 5.75. The Balaban J connectivity index is 2.59. The summed E-state index contributed by atoms with van der Waals surface area (Å²) in [7, 11) is 0. The number of anilines is 1. The fourth-order valence-electron chi connectivity index (χ4n) is 1.46. The van der Waals surface area contributed by atoms with Gasteiger partial charge in [0.1, 0.15) is 5.82 Å². The molecule has 0 bridgehead atoms. The van der Waals surface area contributed by atoms with Gasteiger partial charge in [0.15, 0.2) is 5.82 Å². The van der Waals surface area contributed by atoms with E-state index in [1.54, 1.807) is 12.1 Å². The van der Waals surface area contributed by atoms with Gasteiger partial charge < -0.3 is 5.73 Å². The average Bonchev–Trinajstić information content (AvgIpc) is 2.46. The standard InChI is InChI=1S/C10H10FN3/c1-6-9(10(12)14-13-6)7-3-2-4-8(11)5-7/h2-5H,1H3,(H3,12,13,14). The van der Waals surface area contributed by atoms with Gasteiger partial charge >= 0.3 is 0 Å². The lowest BCUT2D eigenvalue weighted by Crippen LogP contribution is -1.88. The lowest BCUT2D eigenvalue weighted by molar-refractivity contribution is 0.628. The van der Waals surface area contributed by atoms with Crippen molar-refractivity contribution in [1.82, 2.24) is 10.2 Å². The molecule has 0 saturated carbocycles. The van der Waals surface area contributed by atoms with Gasteiger partial charge in [-0.3, -0.25) is 5.10 Å². The van der Waals surface area contributed by atoms with Crippen molar-refractivity contribution in [2.45, 2.75) is 6.92 Å². The zero-order valence-corrected chi connectivity index (χ0v) is 7.71. The van der Waals surface area contributed by atoms with Crippen molar-refractivity contribution in [3.63, 3.8) is 0 Å². The van der Waals surface area contributed by atoms with Crippen molar-refractivity contribution in [3.05, 3.63) is 35.8 Å². The van der Waals surface area contributed by atoms with E-state index in [0.717, 1.165) is 16.8 Å². The van der Waals surface area contributed by atoms with Crippen molar-refractivity contribution in [3.8, 4) is 11.1 Å². The predicted molar refractivity (Wildman–Crippen MR) is 53.1 cm³/mol. The molecule has 72 valence electrons. The zero-order chi connectivity index (χ0) is 10.1. The van der Waals surface area contributed by atoms with Crippen LogP contribution in [-0.2, 0) is 0 Å². The van der Waals surface area contributed by atoms with Crippen LogP contribution in [-0.4, -0.2) is 10.2 Å². The van der Waals surface area contributed by atoms with Crippen LogP contribution in [0.2, 0.25) is 0 Å². The van der Waals surface area contributed by atoms with Crippen LogP contribution in [0.1, 0.15) is 5.69 Å². The number of rotatable bonds is 1. The van der Waals surface area contributed by atoms with Gasteiger partial charge in [0, 0.05) is 11.3 Å². The first-order chi connectivity index (χ1) is 6.68. The van der Waals surface area contributed by atoms with E-state index in [4.69, 9.17) is 5.73 Å². The molecule has 3 N–H and O–H groups in total. The third-order valence-electron chi connectivity index (χ3n) is 2.09. The molecule has 14 heavy (non-hydrogen) atoms. The number of H-pyrrole nitrogens is 1. The van der Waals surface area contributed by atoms with E-state index in [9.17, 15) is 4.39 Å². The number of aromatic nitrogens is 2. The van der Waals surface area contributed by atoms with Gasteiger partial charge in [0.25, 0.3) is 0 Å². The molecule has 4 heteroatoms. The third kappa shape index (κ3) is 1.35. The Morgan fingerprint density at radius 3 is 2.79 bits per heavy atom. The first-order valence-electron chi connectivity index (χ1n) is 4.25. The monoisotopic (exact) mass is 191 g/mol. The molecule has 0 amide bonds. The summed E-state index contributed by atoms with van der Waals surface area (Å²) in [5.41, 5.74) is 8.01. The lowest BCUT2D eigenvalue weighted by Gasteiger charge is -2.00. The molecule has 0 atom stereocenters. The molecular formula is C10H10FN3. The van der Waals surface area contributed by atoms with Crippen molar-refractivity contribution in [1.29, 1.82) is 0 Å². The van der Waals surface area contributed by atoms with Gasteiger partial charge in [0.05, 0.1) is 0 Å². The number of hydrogen-bond acceptors (Lipinski definition) is 2. The maximum Gasteiger partial charge on any atom is 0.153 e. The summed E-state index contributed by atoms with van der Waals surface area (Å²) >= 11 is 0. The topological polar surface area (TPSA) is 54.7 Å². The van der Waals surface area contributed by atoms with Crippen LogP contribution in [0.5, 0.6) is 0 Å². The molecule has 2 rings (SSSR count). The first kappa shape index (κ1) is 8.74. The second-order valence-electron chi connectivity index (χ2n) is 3.12. The number of nitrogens with two attached hydrogens (primary N) is 1. The van der Waals surface area contributed by atoms with Crippen LogP contribution in [0.4, 0.5) is 10.2 Å². The third-order valence-corrected chi connectivity index (χ3v) is 2.09. The Morgan fingerprint density at radius 1 is 1.43 bits per heavy atom. The number of aryl methyl sites for hydroxylation is 1. The second-order valence-corrected chi connectivity index (χ2v) is 3.12. The largest absolute Gasteiger partial charge is 0.382 e. The highest BCUT2D eigenvalue weighted by atomic mass is 19.1. The van der Waals surface area contributed by atoms with Gasteiger partial charge in [-0.25, -0.2) is 4.39 Å². The number of nitrogen functional groups attached to an aromatic ring is 1. The van der Waals surface area contributed by atoms with E-state index in [1.807, 2.05) is 6.92 Å². The molecular weight excluding hydrogens is 181 g/mol. The average molecular weight is 191 g/mol. The minimum Gasteiger partial charge on any atom is -0.382 e. The van der Waals surface area contributed by atoms with E-state index < -0.39 is 0 Å². The zero-order valence-electron chi connectivity index (χ0n) is 7.71. The van der Waals surface area contributed by atoms with Crippen molar-refractivity contribution in [2.75, 3.05) is 5.73 Å². The van der Waals surface area contributed by atoms with E-state index in [-0.39, 0.29) is 5.82 Å². The molecule has 0 aliphatic rings. The maximum atomic E-state index is 13.0. The van der Waals surface area contributed by atoms with Gasteiger partial charge in [-0.05, 0) is 24.6 Å². The van der Waals surface area contributed by atoms with E-state index in [0.29, 0.717) is 5.82 Å². The molecule has 0 saturated heterocycles.